The number of carbonyl (C=O) groups excluding carboxylic acids is 2. The van der Waals surface area contributed by atoms with Gasteiger partial charge in [-0.3, -0.25) is 14.6 Å². The Bertz CT molecular complexity index is 891. The van der Waals surface area contributed by atoms with Crippen molar-refractivity contribution in [3.05, 3.63) is 59.9 Å². The first-order valence-electron chi connectivity index (χ1n) is 10.2. The Morgan fingerprint density at radius 2 is 1.86 bits per heavy atom. The van der Waals surface area contributed by atoms with Crippen molar-refractivity contribution in [1.82, 2.24) is 14.8 Å². The Morgan fingerprint density at radius 1 is 1.14 bits per heavy atom. The molecule has 0 saturated heterocycles. The van der Waals surface area contributed by atoms with Gasteiger partial charge in [-0.2, -0.15) is 0 Å². The minimum Gasteiger partial charge on any atom is -0.485 e. The van der Waals surface area contributed by atoms with Gasteiger partial charge >= 0.3 is 0 Å². The van der Waals surface area contributed by atoms with Crippen molar-refractivity contribution in [2.45, 2.75) is 50.8 Å². The van der Waals surface area contributed by atoms with Gasteiger partial charge in [0.2, 0.25) is 5.91 Å². The van der Waals surface area contributed by atoms with Crippen LogP contribution in [0.3, 0.4) is 0 Å². The molecule has 1 aliphatic carbocycles. The summed E-state index contributed by atoms with van der Waals surface area (Å²) in [5, 5.41) is 0. The van der Waals surface area contributed by atoms with E-state index in [1.54, 1.807) is 19.2 Å². The number of amides is 2. The van der Waals surface area contributed by atoms with Gasteiger partial charge in [0.15, 0.2) is 0 Å². The quantitative estimate of drug-likeness (QED) is 0.786. The van der Waals surface area contributed by atoms with Crippen molar-refractivity contribution in [3.8, 4) is 5.75 Å². The maximum atomic E-state index is 12.8. The summed E-state index contributed by atoms with van der Waals surface area (Å²) in [4.78, 5) is 32.8. The largest absolute Gasteiger partial charge is 0.485 e. The van der Waals surface area contributed by atoms with E-state index in [0.717, 1.165) is 37.0 Å². The van der Waals surface area contributed by atoms with Gasteiger partial charge in [-0.15, -0.1) is 0 Å². The van der Waals surface area contributed by atoms with E-state index in [4.69, 9.17) is 4.74 Å². The Balaban J connectivity index is 1.50. The number of pyridine rings is 1. The summed E-state index contributed by atoms with van der Waals surface area (Å²) < 4.78 is 6.53. The lowest BCUT2D eigenvalue weighted by atomic mass is 9.81. The molecule has 2 aliphatic rings. The van der Waals surface area contributed by atoms with Gasteiger partial charge in [-0.25, -0.2) is 0 Å². The summed E-state index contributed by atoms with van der Waals surface area (Å²) in [6.07, 6.45) is 4.92. The minimum absolute atomic E-state index is 0.0518. The zero-order valence-corrected chi connectivity index (χ0v) is 17.0. The smallest absolute Gasteiger partial charge is 0.272 e. The highest BCUT2D eigenvalue weighted by Crippen LogP contribution is 2.39. The third kappa shape index (κ3) is 3.97. The van der Waals surface area contributed by atoms with Crippen LogP contribution in [0.5, 0.6) is 5.75 Å². The van der Waals surface area contributed by atoms with Crippen LogP contribution < -0.4 is 4.74 Å². The van der Waals surface area contributed by atoms with Crippen LogP contribution in [0.15, 0.2) is 48.7 Å². The van der Waals surface area contributed by atoms with Crippen LogP contribution in [0.4, 0.5) is 0 Å². The van der Waals surface area contributed by atoms with Gasteiger partial charge in [0.05, 0.1) is 6.54 Å². The number of fused-ring (bicyclic) bond motifs is 1. The van der Waals surface area contributed by atoms with Gasteiger partial charge in [0.1, 0.15) is 17.0 Å². The molecule has 1 aliphatic heterocycles. The van der Waals surface area contributed by atoms with Crippen LogP contribution in [0.1, 0.15) is 48.7 Å². The van der Waals surface area contributed by atoms with Crippen molar-refractivity contribution in [1.29, 1.82) is 0 Å². The lowest BCUT2D eigenvalue weighted by Crippen LogP contribution is -2.52. The van der Waals surface area contributed by atoms with E-state index in [9.17, 15) is 9.59 Å². The molecule has 1 aromatic heterocycles. The van der Waals surface area contributed by atoms with Gasteiger partial charge in [-0.05, 0) is 43.9 Å². The molecule has 0 atom stereocenters. The number of hydrogen-bond acceptors (Lipinski definition) is 4. The molecule has 0 unspecified atom stereocenters. The lowest BCUT2D eigenvalue weighted by Gasteiger charge is -2.43. The van der Waals surface area contributed by atoms with Gasteiger partial charge in [0, 0.05) is 38.3 Å². The molecule has 29 heavy (non-hydrogen) atoms. The number of ether oxygens (including phenoxy) is 1. The summed E-state index contributed by atoms with van der Waals surface area (Å²) in [7, 11) is 1.85. The van der Waals surface area contributed by atoms with E-state index in [0.29, 0.717) is 18.8 Å². The van der Waals surface area contributed by atoms with E-state index in [-0.39, 0.29) is 17.9 Å². The Hall–Kier alpha value is -2.89. The van der Waals surface area contributed by atoms with E-state index in [1.165, 1.54) is 0 Å². The number of rotatable bonds is 2. The molecule has 0 N–H and O–H groups in total. The second kappa shape index (κ2) is 7.85. The van der Waals surface area contributed by atoms with Gasteiger partial charge in [0.25, 0.3) is 5.91 Å². The molecule has 6 heteroatoms. The average molecular weight is 393 g/mol. The number of hydrogen-bond donors (Lipinski definition) is 0. The maximum absolute atomic E-state index is 12.8. The van der Waals surface area contributed by atoms with E-state index < -0.39 is 5.60 Å². The van der Waals surface area contributed by atoms with Crippen molar-refractivity contribution < 1.29 is 14.3 Å². The number of nitrogens with zero attached hydrogens (tertiary/aromatic N) is 3. The zero-order chi connectivity index (χ0) is 20.4. The Morgan fingerprint density at radius 3 is 2.55 bits per heavy atom. The van der Waals surface area contributed by atoms with Crippen molar-refractivity contribution in [2.24, 2.45) is 0 Å². The monoisotopic (exact) mass is 393 g/mol. The lowest BCUT2D eigenvalue weighted by molar-refractivity contribution is -0.132. The average Bonchev–Trinajstić information content (AvgIpc) is 2.90. The third-order valence-electron chi connectivity index (χ3n) is 6.20. The van der Waals surface area contributed by atoms with Gasteiger partial charge in [-0.1, -0.05) is 24.3 Å². The molecule has 1 aromatic carbocycles. The molecule has 1 fully saturated rings. The highest BCUT2D eigenvalue weighted by molar-refractivity contribution is 5.92. The molecule has 2 amide bonds. The summed E-state index contributed by atoms with van der Waals surface area (Å²) in [5.41, 5.74) is 1.12. The molecule has 4 rings (SSSR count). The van der Waals surface area contributed by atoms with Crippen LogP contribution in [0.25, 0.3) is 0 Å². The molecular weight excluding hydrogens is 366 g/mol. The van der Waals surface area contributed by atoms with Crippen molar-refractivity contribution >= 4 is 11.8 Å². The molecule has 1 saturated carbocycles. The van der Waals surface area contributed by atoms with Crippen LogP contribution in [0, 0.1) is 0 Å². The van der Waals surface area contributed by atoms with Crippen LogP contribution in [-0.4, -0.2) is 51.8 Å². The Kier molecular flexibility index (Phi) is 5.26. The molecule has 0 bridgehead atoms. The van der Waals surface area contributed by atoms with Crippen LogP contribution >= 0.6 is 0 Å². The molecule has 2 aromatic rings. The third-order valence-corrected chi connectivity index (χ3v) is 6.20. The van der Waals surface area contributed by atoms with E-state index >= 15 is 0 Å². The standard InChI is InChI=1S/C23H27N3O3/c1-17(27)26-15-18-7-3-4-9-21(18)29-23(16-26)12-10-19(11-13-23)25(2)22(28)20-8-5-6-14-24-20/h3-9,14,19H,10-13,15-16H2,1-2H3. The molecular formula is C23H27N3O3. The topological polar surface area (TPSA) is 62.7 Å². The van der Waals surface area contributed by atoms with Crippen LogP contribution in [0.2, 0.25) is 0 Å². The first kappa shape index (κ1) is 19.4. The van der Waals surface area contributed by atoms with Crippen molar-refractivity contribution in [2.75, 3.05) is 13.6 Å². The number of aromatic nitrogens is 1. The minimum atomic E-state index is -0.399. The highest BCUT2D eigenvalue weighted by atomic mass is 16.5. The van der Waals surface area contributed by atoms with E-state index in [2.05, 4.69) is 4.98 Å². The summed E-state index contributed by atoms with van der Waals surface area (Å²) in [5.74, 6) is 0.880. The second-order valence-corrected chi connectivity index (χ2v) is 8.13. The first-order valence-corrected chi connectivity index (χ1v) is 10.2. The fourth-order valence-corrected chi connectivity index (χ4v) is 4.44. The molecule has 1 spiro atoms. The normalized spacial score (nSPS) is 23.7. The summed E-state index contributed by atoms with van der Waals surface area (Å²) in [6.45, 7) is 2.78. The predicted molar refractivity (Wildman–Crippen MR) is 109 cm³/mol. The summed E-state index contributed by atoms with van der Waals surface area (Å²) >= 11 is 0. The maximum Gasteiger partial charge on any atom is 0.272 e. The first-order chi connectivity index (χ1) is 14.0. The molecule has 152 valence electrons. The van der Waals surface area contributed by atoms with E-state index in [1.807, 2.05) is 53.2 Å². The molecule has 2 heterocycles. The Labute approximate surface area is 171 Å². The SMILES string of the molecule is CC(=O)N1Cc2ccccc2OC2(CCC(N(C)C(=O)c3ccccn3)CC2)C1. The predicted octanol–water partition coefficient (Wildman–Crippen LogP) is 3.28. The summed E-state index contributed by atoms with van der Waals surface area (Å²) in [6, 6.07) is 13.5. The second-order valence-electron chi connectivity index (χ2n) is 8.13. The number of carbonyl (C=O) groups is 2. The zero-order valence-electron chi connectivity index (χ0n) is 17.0. The van der Waals surface area contributed by atoms with Crippen molar-refractivity contribution in [3.63, 3.8) is 0 Å². The van der Waals surface area contributed by atoms with Gasteiger partial charge < -0.3 is 14.5 Å². The van der Waals surface area contributed by atoms with Crippen LogP contribution in [-0.2, 0) is 11.3 Å². The number of benzene rings is 1. The fourth-order valence-electron chi connectivity index (χ4n) is 4.44. The highest BCUT2D eigenvalue weighted by Gasteiger charge is 2.43. The molecule has 0 radical (unpaired) electrons. The molecule has 6 nitrogen and oxygen atoms in total. The fraction of sp³-hybridized carbons (Fsp3) is 0.435. The number of para-hydroxylation sites is 1.